The zero-order chi connectivity index (χ0) is 11.5. The highest BCUT2D eigenvalue weighted by Gasteiger charge is 2.19. The van der Waals surface area contributed by atoms with E-state index in [1.54, 1.807) is 0 Å². The molecule has 1 heterocycles. The molecule has 1 aromatic carbocycles. The molecule has 0 unspecified atom stereocenters. The average molecular weight is 215 g/mol. The number of rotatable bonds is 3. The fourth-order valence-electron chi connectivity index (χ4n) is 2.02. The first kappa shape index (κ1) is 10.9. The Balaban J connectivity index is 2.57. The number of nitrogens with zero attached hydrogens (tertiary/aromatic N) is 2. The average Bonchev–Trinajstić information content (AvgIpc) is 2.73. The summed E-state index contributed by atoms with van der Waals surface area (Å²) in [5.41, 5.74) is 1.28. The quantitative estimate of drug-likeness (QED) is 0.696. The van der Waals surface area contributed by atoms with E-state index >= 15 is 0 Å². The van der Waals surface area contributed by atoms with Crippen LogP contribution in [0.5, 0.6) is 0 Å². The van der Waals surface area contributed by atoms with Crippen molar-refractivity contribution in [1.82, 2.24) is 4.57 Å². The van der Waals surface area contributed by atoms with Gasteiger partial charge in [-0.25, -0.2) is 9.13 Å². The molecule has 0 saturated carbocycles. The van der Waals surface area contributed by atoms with Crippen molar-refractivity contribution in [3.05, 3.63) is 42.7 Å². The molecule has 84 valence electrons. The summed E-state index contributed by atoms with van der Waals surface area (Å²) in [7, 11) is 0. The molecule has 0 saturated heterocycles. The molecule has 0 atom stereocenters. The van der Waals surface area contributed by atoms with Gasteiger partial charge in [0.1, 0.15) is 12.4 Å². The van der Waals surface area contributed by atoms with E-state index in [0.29, 0.717) is 6.04 Å². The van der Waals surface area contributed by atoms with Gasteiger partial charge in [-0.05, 0) is 32.9 Å². The summed E-state index contributed by atoms with van der Waals surface area (Å²) in [5, 5.41) is 0. The maximum atomic E-state index is 2.32. The highest BCUT2D eigenvalue weighted by molar-refractivity contribution is 5.52. The summed E-state index contributed by atoms with van der Waals surface area (Å²) in [4.78, 5) is 0. The van der Waals surface area contributed by atoms with Crippen molar-refractivity contribution in [3.8, 4) is 11.4 Å². The summed E-state index contributed by atoms with van der Waals surface area (Å²) in [6.45, 7) is 7.61. The van der Waals surface area contributed by atoms with Gasteiger partial charge < -0.3 is 0 Å². The summed E-state index contributed by atoms with van der Waals surface area (Å²) in [5.74, 6) is 1.29. The van der Waals surface area contributed by atoms with Crippen molar-refractivity contribution in [1.29, 1.82) is 0 Å². The van der Waals surface area contributed by atoms with Gasteiger partial charge in [0.05, 0.1) is 18.2 Å². The zero-order valence-electron chi connectivity index (χ0n) is 10.2. The highest BCUT2D eigenvalue weighted by Crippen LogP contribution is 2.19. The fourth-order valence-corrected chi connectivity index (χ4v) is 2.02. The standard InChI is InChI=1S/C14H19N2/c1-4-15-10-11-16(12(2)3)14(15)13-8-6-5-7-9-13/h5-12H,4H2,1-3H3/q+1. The van der Waals surface area contributed by atoms with E-state index in [2.05, 4.69) is 72.6 Å². The van der Waals surface area contributed by atoms with Crippen molar-refractivity contribution in [3.63, 3.8) is 0 Å². The third-order valence-electron chi connectivity index (χ3n) is 2.85. The lowest BCUT2D eigenvalue weighted by molar-refractivity contribution is -0.682. The van der Waals surface area contributed by atoms with Crippen LogP contribution >= 0.6 is 0 Å². The smallest absolute Gasteiger partial charge is 0.230 e. The van der Waals surface area contributed by atoms with Gasteiger partial charge in [-0.15, -0.1) is 0 Å². The van der Waals surface area contributed by atoms with E-state index in [-0.39, 0.29) is 0 Å². The first-order valence-electron chi connectivity index (χ1n) is 5.89. The van der Waals surface area contributed by atoms with Crippen LogP contribution in [0, 0.1) is 0 Å². The Morgan fingerprint density at radius 2 is 1.88 bits per heavy atom. The molecule has 2 nitrogen and oxygen atoms in total. The lowest BCUT2D eigenvalue weighted by atomic mass is 10.2. The van der Waals surface area contributed by atoms with Crippen molar-refractivity contribution in [2.75, 3.05) is 0 Å². The number of hydrogen-bond donors (Lipinski definition) is 0. The minimum Gasteiger partial charge on any atom is -0.230 e. The van der Waals surface area contributed by atoms with Gasteiger partial charge in [-0.1, -0.05) is 18.2 Å². The largest absolute Gasteiger partial charge is 0.289 e. The molecule has 16 heavy (non-hydrogen) atoms. The first-order valence-corrected chi connectivity index (χ1v) is 5.89. The fraction of sp³-hybridized carbons (Fsp3) is 0.357. The number of aryl methyl sites for hydroxylation is 1. The molecule has 2 aromatic rings. The summed E-state index contributed by atoms with van der Waals surface area (Å²) >= 11 is 0. The van der Waals surface area contributed by atoms with E-state index in [1.165, 1.54) is 11.4 Å². The van der Waals surface area contributed by atoms with Crippen molar-refractivity contribution in [2.24, 2.45) is 0 Å². The van der Waals surface area contributed by atoms with Gasteiger partial charge in [-0.3, -0.25) is 0 Å². The molecule has 0 aliphatic rings. The molecule has 0 N–H and O–H groups in total. The van der Waals surface area contributed by atoms with Crippen molar-refractivity contribution < 1.29 is 4.57 Å². The van der Waals surface area contributed by atoms with Gasteiger partial charge in [0, 0.05) is 0 Å². The maximum absolute atomic E-state index is 2.32. The van der Waals surface area contributed by atoms with Crippen LogP contribution < -0.4 is 4.57 Å². The SMILES string of the molecule is CC[n+]1ccn(C(C)C)c1-c1ccccc1. The molecule has 0 fully saturated rings. The summed E-state index contributed by atoms with van der Waals surface area (Å²) < 4.78 is 4.61. The van der Waals surface area contributed by atoms with Gasteiger partial charge in [0.25, 0.3) is 5.82 Å². The lowest BCUT2D eigenvalue weighted by Crippen LogP contribution is -2.33. The third-order valence-corrected chi connectivity index (χ3v) is 2.85. The molecule has 2 rings (SSSR count). The summed E-state index contributed by atoms with van der Waals surface area (Å²) in [6, 6.07) is 11.1. The Labute approximate surface area is 97.2 Å². The van der Waals surface area contributed by atoms with E-state index in [9.17, 15) is 0 Å². The van der Waals surface area contributed by atoms with Gasteiger partial charge in [0.15, 0.2) is 0 Å². The van der Waals surface area contributed by atoms with Gasteiger partial charge in [0.2, 0.25) is 0 Å². The van der Waals surface area contributed by atoms with E-state index in [1.807, 2.05) is 0 Å². The molecule has 1 aromatic heterocycles. The highest BCUT2D eigenvalue weighted by atomic mass is 15.2. The van der Waals surface area contributed by atoms with Crippen LogP contribution in [0.15, 0.2) is 42.7 Å². The number of benzene rings is 1. The monoisotopic (exact) mass is 215 g/mol. The topological polar surface area (TPSA) is 8.81 Å². The third kappa shape index (κ3) is 1.87. The Kier molecular flexibility index (Phi) is 3.09. The van der Waals surface area contributed by atoms with Crippen LogP contribution in [0.2, 0.25) is 0 Å². The van der Waals surface area contributed by atoms with Crippen LogP contribution in [-0.4, -0.2) is 4.57 Å². The van der Waals surface area contributed by atoms with Crippen LogP contribution in [0.25, 0.3) is 11.4 Å². The number of hydrogen-bond acceptors (Lipinski definition) is 0. The number of aromatic nitrogens is 2. The Morgan fingerprint density at radius 3 is 2.44 bits per heavy atom. The van der Waals surface area contributed by atoms with Gasteiger partial charge in [-0.2, -0.15) is 0 Å². The Hall–Kier alpha value is -1.57. The van der Waals surface area contributed by atoms with Crippen molar-refractivity contribution >= 4 is 0 Å². The second kappa shape index (κ2) is 4.52. The first-order chi connectivity index (χ1) is 7.74. The molecule has 0 aliphatic carbocycles. The molecule has 2 heteroatoms. The normalized spacial score (nSPS) is 11.0. The molecule has 0 bridgehead atoms. The molecule has 0 aliphatic heterocycles. The van der Waals surface area contributed by atoms with Crippen molar-refractivity contribution in [2.45, 2.75) is 33.4 Å². The lowest BCUT2D eigenvalue weighted by Gasteiger charge is -2.06. The number of imidazole rings is 1. The zero-order valence-corrected chi connectivity index (χ0v) is 10.2. The van der Waals surface area contributed by atoms with Crippen LogP contribution in [-0.2, 0) is 6.54 Å². The van der Waals surface area contributed by atoms with E-state index in [4.69, 9.17) is 0 Å². The van der Waals surface area contributed by atoms with E-state index < -0.39 is 0 Å². The van der Waals surface area contributed by atoms with Crippen LogP contribution in [0.3, 0.4) is 0 Å². The van der Waals surface area contributed by atoms with E-state index in [0.717, 1.165) is 6.54 Å². The molecule has 0 radical (unpaired) electrons. The van der Waals surface area contributed by atoms with Crippen LogP contribution in [0.4, 0.5) is 0 Å². The predicted octanol–water partition coefficient (Wildman–Crippen LogP) is 3.04. The molecular weight excluding hydrogens is 196 g/mol. The summed E-state index contributed by atoms with van der Waals surface area (Å²) in [6.07, 6.45) is 4.32. The Bertz CT molecular complexity index is 455. The minimum absolute atomic E-state index is 0.489. The molecule has 0 spiro atoms. The Morgan fingerprint density at radius 1 is 1.19 bits per heavy atom. The molecular formula is C14H19N2+. The maximum Gasteiger partial charge on any atom is 0.289 e. The predicted molar refractivity (Wildman–Crippen MR) is 66.1 cm³/mol. The minimum atomic E-state index is 0.489. The second-order valence-corrected chi connectivity index (χ2v) is 4.27. The van der Waals surface area contributed by atoms with Gasteiger partial charge >= 0.3 is 0 Å². The second-order valence-electron chi connectivity index (χ2n) is 4.27. The molecule has 0 amide bonds. The van der Waals surface area contributed by atoms with Crippen LogP contribution in [0.1, 0.15) is 26.8 Å².